The van der Waals surface area contributed by atoms with Crippen LogP contribution in [0.1, 0.15) is 0 Å². The Morgan fingerprint density at radius 3 is 1.31 bits per heavy atom. The summed E-state index contributed by atoms with van der Waals surface area (Å²) in [6, 6.07) is -3.81. The van der Waals surface area contributed by atoms with Crippen LogP contribution in [0.15, 0.2) is 0 Å². The molecular weight excluding hydrogens is 406 g/mol. The third kappa shape index (κ3) is 8.46. The molecule has 0 aliphatic heterocycles. The predicted molar refractivity (Wildman–Crippen MR) is 43.2 cm³/mol. The van der Waals surface area contributed by atoms with E-state index in [2.05, 4.69) is 0 Å². The Kier molecular flexibility index (Phi) is 10.5. The summed E-state index contributed by atoms with van der Waals surface area (Å²) < 4.78 is 0. The van der Waals surface area contributed by atoms with Crippen LogP contribution in [0.4, 0.5) is 0 Å². The van der Waals surface area contributed by atoms with E-state index in [9.17, 15) is 9.59 Å². The number of hydrogen-bond acceptors (Lipinski definition) is 2. The Hall–Kier alpha value is 0.128. The van der Waals surface area contributed by atoms with Crippen molar-refractivity contribution in [1.82, 2.24) is 0 Å². The fraction of sp³-hybridized carbons (Fsp3) is 0.500. The van der Waals surface area contributed by atoms with E-state index >= 15 is 0 Å². The first-order chi connectivity index (χ1) is 5.88. The maximum Gasteiger partial charge on any atom is 0.284 e. The van der Waals surface area contributed by atoms with Crippen LogP contribution in [0.2, 0.25) is 0 Å². The van der Waals surface area contributed by atoms with Crippen LogP contribution in [-0.4, -0.2) is 34.2 Å². The van der Waals surface area contributed by atoms with Gasteiger partial charge in [0.25, 0.3) is 11.9 Å². The Morgan fingerprint density at radius 1 is 1.08 bits per heavy atom. The van der Waals surface area contributed by atoms with E-state index < -0.39 is 40.5 Å². The van der Waals surface area contributed by atoms with E-state index in [-0.39, 0.29) is 0 Å². The fourth-order valence-electron chi connectivity index (χ4n) is 0.285. The zero-order valence-electron chi connectivity index (χ0n) is 5.94. The number of aliphatic carboxylic acids is 2. The fourth-order valence-corrected chi connectivity index (χ4v) is 0.285. The van der Waals surface area contributed by atoms with Crippen molar-refractivity contribution in [1.29, 1.82) is 0 Å². The van der Waals surface area contributed by atoms with Gasteiger partial charge in [-0.25, -0.2) is 0 Å². The molecule has 0 saturated carbocycles. The van der Waals surface area contributed by atoms with Gasteiger partial charge >= 0.3 is 35.3 Å². The maximum absolute atomic E-state index is 9.87. The topological polar surface area (TPSA) is 122 Å². The van der Waals surface area contributed by atoms with Gasteiger partial charge in [0, 0.05) is 0 Å². The summed E-state index contributed by atoms with van der Waals surface area (Å²) in [6.45, 7) is 0. The minimum Gasteiger partial charge on any atom is -0.666 e. The summed E-state index contributed by atoms with van der Waals surface area (Å²) in [5.74, 6) is -3.19. The van der Waals surface area contributed by atoms with Crippen LogP contribution in [0.25, 0.3) is 11.5 Å². The van der Waals surface area contributed by atoms with Gasteiger partial charge < -0.3 is 21.7 Å². The molecule has 0 amide bonds. The number of rotatable bonds is 3. The quantitative estimate of drug-likeness (QED) is 0.727. The van der Waals surface area contributed by atoms with Gasteiger partial charge in [-0.15, -0.1) is 0 Å². The number of carboxylic acid groups (broad SMARTS) is 2. The number of carboxylic acids is 2. The number of nitrogens with one attached hydrogen (secondary N) is 2. The van der Waals surface area contributed by atoms with Crippen LogP contribution < -0.4 is 0 Å². The van der Waals surface area contributed by atoms with Crippen molar-refractivity contribution in [3.05, 3.63) is 11.5 Å². The summed E-state index contributed by atoms with van der Waals surface area (Å²) in [4.78, 5) is 19.7. The van der Waals surface area contributed by atoms with Crippen LogP contribution in [0, 0.1) is 0 Å². The molecule has 4 N–H and O–H groups in total. The molecule has 13 heavy (non-hydrogen) atoms. The summed E-state index contributed by atoms with van der Waals surface area (Å²) in [7, 11) is 9.75. The van der Waals surface area contributed by atoms with Gasteiger partial charge in [0.15, 0.2) is 0 Å². The molecule has 0 bridgehead atoms. The monoisotopic (exact) mass is 411 g/mol. The van der Waals surface area contributed by atoms with E-state index in [1.54, 1.807) is 0 Å². The minimum atomic E-state index is -1.91. The van der Waals surface area contributed by atoms with Crippen LogP contribution in [-0.2, 0) is 26.1 Å². The Labute approximate surface area is 90.6 Å². The van der Waals surface area contributed by atoms with E-state index in [0.717, 1.165) is 0 Å². The summed E-state index contributed by atoms with van der Waals surface area (Å²) in [5, 5.41) is 16.1. The third-order valence-electron chi connectivity index (χ3n) is 0.865. The van der Waals surface area contributed by atoms with Crippen molar-refractivity contribution < 1.29 is 36.3 Å². The van der Waals surface area contributed by atoms with E-state index in [4.69, 9.17) is 40.5 Å². The molecule has 0 saturated heterocycles. The van der Waals surface area contributed by atoms with Gasteiger partial charge in [0.1, 0.15) is 0 Å². The molecule has 0 rings (SSSR count). The second kappa shape index (κ2) is 8.71. The van der Waals surface area contributed by atoms with E-state index in [1.165, 1.54) is 0 Å². The predicted octanol–water partition coefficient (Wildman–Crippen LogP) is 1.37. The average Bonchev–Trinajstić information content (AvgIpc) is 2.03. The zero-order chi connectivity index (χ0) is 11.0. The molecule has 2 atom stereocenters. The van der Waals surface area contributed by atoms with Gasteiger partial charge in [0.2, 0.25) is 0 Å². The van der Waals surface area contributed by atoms with Crippen LogP contribution in [0.5, 0.6) is 0 Å². The first-order valence-corrected chi connectivity index (χ1v) is 8.21. The molecule has 0 aromatic carbocycles. The molecule has 0 aliphatic carbocycles. The Bertz CT molecular complexity index is 164. The van der Waals surface area contributed by atoms with E-state index in [0.29, 0.717) is 0 Å². The first kappa shape index (κ1) is 15.6. The molecule has 0 fully saturated rings. The molecule has 80 valence electrons. The minimum absolute atomic E-state index is 0.472. The molecule has 0 aromatic heterocycles. The third-order valence-corrected chi connectivity index (χ3v) is 0.865. The molecule has 6 nitrogen and oxygen atoms in total. The molecule has 9 heteroatoms. The number of halogens is 2. The van der Waals surface area contributed by atoms with Crippen molar-refractivity contribution in [3.63, 3.8) is 0 Å². The van der Waals surface area contributed by atoms with Crippen molar-refractivity contribution >= 4 is 30.8 Å². The zero-order valence-corrected chi connectivity index (χ0v) is 9.72. The van der Waals surface area contributed by atoms with Crippen molar-refractivity contribution in [3.8, 4) is 0 Å². The maximum atomic E-state index is 9.87. The molecular formula is C4H6Cl2N2O4Pt. The van der Waals surface area contributed by atoms with E-state index in [1.807, 2.05) is 0 Å². The molecule has 0 spiro atoms. The molecule has 0 aliphatic rings. The molecule has 0 aromatic rings. The van der Waals surface area contributed by atoms with Gasteiger partial charge in [-0.05, 0) is 12.1 Å². The normalized spacial score (nSPS) is 13.8. The summed E-state index contributed by atoms with van der Waals surface area (Å²) >= 11 is -0.472. The van der Waals surface area contributed by atoms with Crippen LogP contribution in [0.3, 0.4) is 0 Å². The van der Waals surface area contributed by atoms with Gasteiger partial charge in [-0.1, -0.05) is 0 Å². The SMILES string of the molecule is [Cl][Pt+2][Cl].[NH-]C(C(=O)O)C([NH-])C(=O)O. The molecule has 0 heterocycles. The second-order valence-corrected chi connectivity index (χ2v) is 4.96. The number of carbonyl (C=O) groups is 2. The summed E-state index contributed by atoms with van der Waals surface area (Å²) in [6.07, 6.45) is 0. The van der Waals surface area contributed by atoms with Gasteiger partial charge in [-0.3, -0.25) is 9.59 Å². The standard InChI is InChI=1S/C4H6N2O4.2ClH.Pt/c5-1(3(7)8)2(6)4(9)10;;;/h1-2,5-6H,(H,7,8)(H,9,10);2*1H;/q-2;;;+4/p-2. The smallest absolute Gasteiger partial charge is 0.284 e. The first-order valence-electron chi connectivity index (χ1n) is 2.58. The molecule has 2 unspecified atom stereocenters. The Morgan fingerprint density at radius 2 is 1.23 bits per heavy atom. The largest absolute Gasteiger partial charge is 0.666 e. The molecule has 0 radical (unpaired) electrons. The Balaban J connectivity index is 0. The van der Waals surface area contributed by atoms with Gasteiger partial charge in [0.05, 0.1) is 0 Å². The van der Waals surface area contributed by atoms with Crippen molar-refractivity contribution in [2.75, 3.05) is 0 Å². The number of hydrogen-bond donors (Lipinski definition) is 2. The van der Waals surface area contributed by atoms with Crippen LogP contribution >= 0.6 is 18.8 Å². The summed E-state index contributed by atoms with van der Waals surface area (Å²) in [5.41, 5.74) is 13.2. The second-order valence-electron chi connectivity index (χ2n) is 1.68. The van der Waals surface area contributed by atoms with Crippen molar-refractivity contribution in [2.45, 2.75) is 12.1 Å². The average molecular weight is 412 g/mol. The van der Waals surface area contributed by atoms with Crippen molar-refractivity contribution in [2.24, 2.45) is 0 Å². The van der Waals surface area contributed by atoms with Gasteiger partial charge in [-0.2, -0.15) is 0 Å².